The standard InChI is InChI=1S/C19H23BrN4O3S/c20-17-6-4-16(5-7-17)15-19(25)22-9-14-28(26,27)24-12-10-23(11-13-24)18-3-1-2-8-21-18/h1-8H,9-15H2,(H,22,25). The predicted molar refractivity (Wildman–Crippen MR) is 113 cm³/mol. The van der Waals surface area contributed by atoms with Gasteiger partial charge in [0.2, 0.25) is 15.9 Å². The lowest BCUT2D eigenvalue weighted by molar-refractivity contribution is -0.120. The lowest BCUT2D eigenvalue weighted by Crippen LogP contribution is -2.50. The predicted octanol–water partition coefficient (Wildman–Crippen LogP) is 1.65. The lowest BCUT2D eigenvalue weighted by atomic mass is 10.1. The van der Waals surface area contributed by atoms with Crippen LogP contribution in [0.25, 0.3) is 0 Å². The summed E-state index contributed by atoms with van der Waals surface area (Å²) in [6.45, 7) is 2.16. The summed E-state index contributed by atoms with van der Waals surface area (Å²) in [4.78, 5) is 18.4. The van der Waals surface area contributed by atoms with Crippen LogP contribution in [0.3, 0.4) is 0 Å². The van der Waals surface area contributed by atoms with Crippen molar-refractivity contribution < 1.29 is 13.2 Å². The van der Waals surface area contributed by atoms with Gasteiger partial charge in [0.1, 0.15) is 5.82 Å². The summed E-state index contributed by atoms with van der Waals surface area (Å²) >= 11 is 3.35. The maximum Gasteiger partial charge on any atom is 0.224 e. The third-order valence-corrected chi connectivity index (χ3v) is 6.97. The fourth-order valence-corrected chi connectivity index (χ4v) is 4.64. The average molecular weight is 467 g/mol. The molecule has 1 aliphatic heterocycles. The van der Waals surface area contributed by atoms with Gasteiger partial charge in [-0.25, -0.2) is 13.4 Å². The Morgan fingerprint density at radius 2 is 1.79 bits per heavy atom. The highest BCUT2D eigenvalue weighted by Gasteiger charge is 2.27. The van der Waals surface area contributed by atoms with Crippen molar-refractivity contribution in [1.82, 2.24) is 14.6 Å². The zero-order valence-corrected chi connectivity index (χ0v) is 17.8. The largest absolute Gasteiger partial charge is 0.355 e. The minimum atomic E-state index is -3.40. The van der Waals surface area contributed by atoms with Crippen LogP contribution in [0.2, 0.25) is 0 Å². The number of hydrogen-bond acceptors (Lipinski definition) is 5. The first-order valence-corrected chi connectivity index (χ1v) is 11.5. The molecule has 7 nitrogen and oxygen atoms in total. The second-order valence-electron chi connectivity index (χ2n) is 6.54. The van der Waals surface area contributed by atoms with Crippen LogP contribution >= 0.6 is 15.9 Å². The Morgan fingerprint density at radius 1 is 1.07 bits per heavy atom. The zero-order chi connectivity index (χ0) is 20.0. The fourth-order valence-electron chi connectivity index (χ4n) is 3.03. The molecule has 2 aromatic rings. The molecule has 1 fully saturated rings. The number of piperazine rings is 1. The Bertz CT molecular complexity index is 883. The summed E-state index contributed by atoms with van der Waals surface area (Å²) in [6.07, 6.45) is 1.96. The number of benzene rings is 1. The molecule has 3 rings (SSSR count). The Hall–Kier alpha value is -1.97. The number of sulfonamides is 1. The average Bonchev–Trinajstić information content (AvgIpc) is 2.70. The van der Waals surface area contributed by atoms with Crippen molar-refractivity contribution in [1.29, 1.82) is 0 Å². The Balaban J connectivity index is 1.43. The van der Waals surface area contributed by atoms with E-state index in [0.29, 0.717) is 26.2 Å². The minimum Gasteiger partial charge on any atom is -0.355 e. The van der Waals surface area contributed by atoms with Gasteiger partial charge in [0, 0.05) is 43.4 Å². The molecule has 28 heavy (non-hydrogen) atoms. The number of hydrogen-bond donors (Lipinski definition) is 1. The van der Waals surface area contributed by atoms with Crippen molar-refractivity contribution in [2.45, 2.75) is 6.42 Å². The Labute approximate surface area is 173 Å². The van der Waals surface area contributed by atoms with E-state index in [0.717, 1.165) is 15.9 Å². The van der Waals surface area contributed by atoms with E-state index in [4.69, 9.17) is 0 Å². The van der Waals surface area contributed by atoms with Crippen LogP contribution in [0.4, 0.5) is 5.82 Å². The van der Waals surface area contributed by atoms with Crippen LogP contribution in [0.5, 0.6) is 0 Å². The van der Waals surface area contributed by atoms with Gasteiger partial charge in [-0.05, 0) is 29.8 Å². The molecular formula is C19H23BrN4O3S. The molecule has 1 aromatic heterocycles. The van der Waals surface area contributed by atoms with Crippen LogP contribution in [-0.4, -0.2) is 62.1 Å². The number of pyridine rings is 1. The molecule has 0 saturated carbocycles. The monoisotopic (exact) mass is 466 g/mol. The third kappa shape index (κ3) is 5.76. The molecule has 0 bridgehead atoms. The van der Waals surface area contributed by atoms with E-state index >= 15 is 0 Å². The highest BCUT2D eigenvalue weighted by Crippen LogP contribution is 2.15. The van der Waals surface area contributed by atoms with Crippen molar-refractivity contribution >= 4 is 37.7 Å². The molecule has 150 valence electrons. The number of halogens is 1. The van der Waals surface area contributed by atoms with Crippen molar-refractivity contribution in [3.8, 4) is 0 Å². The van der Waals surface area contributed by atoms with Crippen LogP contribution in [0, 0.1) is 0 Å². The minimum absolute atomic E-state index is 0.0946. The first-order chi connectivity index (χ1) is 13.4. The number of amides is 1. The second-order valence-corrected chi connectivity index (χ2v) is 9.55. The van der Waals surface area contributed by atoms with Crippen molar-refractivity contribution in [3.05, 3.63) is 58.7 Å². The molecule has 0 spiro atoms. The van der Waals surface area contributed by atoms with Gasteiger partial charge < -0.3 is 10.2 Å². The number of nitrogens with zero attached hydrogens (tertiary/aromatic N) is 3. The summed E-state index contributed by atoms with van der Waals surface area (Å²) in [7, 11) is -3.40. The van der Waals surface area contributed by atoms with Gasteiger partial charge >= 0.3 is 0 Å². The Kier molecular flexibility index (Phi) is 7.03. The molecule has 1 aliphatic rings. The van der Waals surface area contributed by atoms with Crippen molar-refractivity contribution in [2.24, 2.45) is 0 Å². The van der Waals surface area contributed by atoms with Gasteiger partial charge in [-0.3, -0.25) is 4.79 Å². The summed E-state index contributed by atoms with van der Waals surface area (Å²) < 4.78 is 27.5. The SMILES string of the molecule is O=C(Cc1ccc(Br)cc1)NCCS(=O)(=O)N1CCN(c2ccccn2)CC1. The summed E-state index contributed by atoms with van der Waals surface area (Å²) in [5.74, 6) is 0.583. The lowest BCUT2D eigenvalue weighted by Gasteiger charge is -2.34. The molecule has 1 saturated heterocycles. The van der Waals surface area contributed by atoms with Crippen LogP contribution in [0.15, 0.2) is 53.1 Å². The topological polar surface area (TPSA) is 82.6 Å². The zero-order valence-electron chi connectivity index (χ0n) is 15.4. The number of aromatic nitrogens is 1. The summed E-state index contributed by atoms with van der Waals surface area (Å²) in [5.41, 5.74) is 0.884. The van der Waals surface area contributed by atoms with Crippen molar-refractivity contribution in [2.75, 3.05) is 43.4 Å². The fraction of sp³-hybridized carbons (Fsp3) is 0.368. The van der Waals surface area contributed by atoms with Gasteiger partial charge in [-0.2, -0.15) is 4.31 Å². The summed E-state index contributed by atoms with van der Waals surface area (Å²) in [6, 6.07) is 13.2. The van der Waals surface area contributed by atoms with Gasteiger partial charge in [0.25, 0.3) is 0 Å². The number of rotatable bonds is 7. The van der Waals surface area contributed by atoms with Crippen LogP contribution < -0.4 is 10.2 Å². The third-order valence-electron chi connectivity index (χ3n) is 4.57. The molecule has 0 atom stereocenters. The molecule has 1 aromatic carbocycles. The van der Waals surface area contributed by atoms with Crippen LogP contribution in [-0.2, 0) is 21.2 Å². The first-order valence-electron chi connectivity index (χ1n) is 9.09. The molecule has 9 heteroatoms. The van der Waals surface area contributed by atoms with E-state index in [-0.39, 0.29) is 24.6 Å². The van der Waals surface area contributed by atoms with E-state index in [1.165, 1.54) is 4.31 Å². The molecule has 1 amide bonds. The summed E-state index contributed by atoms with van der Waals surface area (Å²) in [5, 5.41) is 2.70. The van der Waals surface area contributed by atoms with E-state index < -0.39 is 10.0 Å². The smallest absolute Gasteiger partial charge is 0.224 e. The van der Waals surface area contributed by atoms with Gasteiger partial charge in [0.05, 0.1) is 12.2 Å². The number of carbonyl (C=O) groups excluding carboxylic acids is 1. The van der Waals surface area contributed by atoms with E-state index in [1.807, 2.05) is 42.5 Å². The van der Waals surface area contributed by atoms with Gasteiger partial charge in [0.15, 0.2) is 0 Å². The molecule has 2 heterocycles. The highest BCUT2D eigenvalue weighted by atomic mass is 79.9. The molecule has 0 unspecified atom stereocenters. The van der Waals surface area contributed by atoms with E-state index in [1.54, 1.807) is 6.20 Å². The van der Waals surface area contributed by atoms with Crippen LogP contribution in [0.1, 0.15) is 5.56 Å². The normalized spacial score (nSPS) is 15.4. The maximum atomic E-state index is 12.5. The Morgan fingerprint density at radius 3 is 2.43 bits per heavy atom. The van der Waals surface area contributed by atoms with Crippen molar-refractivity contribution in [3.63, 3.8) is 0 Å². The number of carbonyl (C=O) groups is 1. The molecular weight excluding hydrogens is 444 g/mol. The molecule has 1 N–H and O–H groups in total. The van der Waals surface area contributed by atoms with Gasteiger partial charge in [-0.1, -0.05) is 34.1 Å². The second kappa shape index (κ2) is 9.49. The van der Waals surface area contributed by atoms with Gasteiger partial charge in [-0.15, -0.1) is 0 Å². The number of anilines is 1. The molecule has 0 aliphatic carbocycles. The van der Waals surface area contributed by atoms with E-state index in [2.05, 4.69) is 31.1 Å². The van der Waals surface area contributed by atoms with E-state index in [9.17, 15) is 13.2 Å². The first kappa shape index (κ1) is 20.8. The highest BCUT2D eigenvalue weighted by molar-refractivity contribution is 9.10. The number of nitrogens with one attached hydrogen (secondary N) is 1. The quantitative estimate of drug-likeness (QED) is 0.670. The maximum absolute atomic E-state index is 12.5. The molecule has 0 radical (unpaired) electrons.